The van der Waals surface area contributed by atoms with Crippen LogP contribution in [0, 0.1) is 0 Å². The Morgan fingerprint density at radius 2 is 2.00 bits per heavy atom. The molecule has 2 heterocycles. The molecule has 140 valence electrons. The van der Waals surface area contributed by atoms with Crippen LogP contribution in [-0.2, 0) is 13.0 Å². The van der Waals surface area contributed by atoms with Gasteiger partial charge in [0, 0.05) is 6.20 Å². The van der Waals surface area contributed by atoms with Crippen LogP contribution in [-0.4, -0.2) is 26.9 Å². The molecule has 2 aromatic heterocycles. The van der Waals surface area contributed by atoms with Crippen molar-refractivity contribution in [2.24, 2.45) is 0 Å². The van der Waals surface area contributed by atoms with Gasteiger partial charge < -0.3 is 15.2 Å². The van der Waals surface area contributed by atoms with E-state index in [1.807, 2.05) is 18.2 Å². The zero-order chi connectivity index (χ0) is 19.1. The summed E-state index contributed by atoms with van der Waals surface area (Å²) in [5.41, 5.74) is 1.74. The van der Waals surface area contributed by atoms with Crippen molar-refractivity contribution >= 4 is 21.6 Å². The molecule has 3 N–H and O–H groups in total. The molecule has 0 radical (unpaired) electrons. The Labute approximate surface area is 164 Å². The number of nitrogens with zero attached hydrogens (tertiary/aromatic N) is 2. The molecule has 0 aliphatic rings. The second kappa shape index (κ2) is 9.18. The monoisotopic (exact) mass is 430 g/mol. The SMILES string of the molecule is O=c1[nH]nc(OCCCc2ccccc2)c(NCc2ncccc2O)c1Br. The van der Waals surface area contributed by atoms with Gasteiger partial charge in [-0.15, -0.1) is 5.10 Å². The summed E-state index contributed by atoms with van der Waals surface area (Å²) in [6.45, 7) is 0.667. The van der Waals surface area contributed by atoms with Crippen molar-refractivity contribution < 1.29 is 9.84 Å². The summed E-state index contributed by atoms with van der Waals surface area (Å²) >= 11 is 3.26. The molecular weight excluding hydrogens is 412 g/mol. The number of H-pyrrole nitrogens is 1. The molecule has 0 atom stereocenters. The van der Waals surface area contributed by atoms with E-state index >= 15 is 0 Å². The molecule has 3 aromatic rings. The largest absolute Gasteiger partial charge is 0.506 e. The van der Waals surface area contributed by atoms with Crippen molar-refractivity contribution in [1.29, 1.82) is 0 Å². The summed E-state index contributed by atoms with van der Waals surface area (Å²) < 4.78 is 6.04. The lowest BCUT2D eigenvalue weighted by atomic mass is 10.1. The number of rotatable bonds is 8. The zero-order valence-electron chi connectivity index (χ0n) is 14.5. The third-order valence-corrected chi connectivity index (χ3v) is 4.64. The first-order chi connectivity index (χ1) is 13.1. The second-order valence-electron chi connectivity index (χ2n) is 5.81. The predicted octanol–water partition coefficient (Wildman–Crippen LogP) is 3.26. The third kappa shape index (κ3) is 5.07. The standard InChI is InChI=1S/C19H19BrN4O3/c20-16-17(22-12-14-15(25)9-4-10-21-14)19(24-23-18(16)26)27-11-5-8-13-6-2-1-3-7-13/h1-4,6-7,9-10,25H,5,8,11-12H2,(H2,22,23,26). The van der Waals surface area contributed by atoms with E-state index in [9.17, 15) is 9.90 Å². The van der Waals surface area contributed by atoms with E-state index < -0.39 is 0 Å². The first kappa shape index (κ1) is 18.9. The number of benzene rings is 1. The number of aromatic hydroxyl groups is 1. The zero-order valence-corrected chi connectivity index (χ0v) is 16.1. The number of aryl methyl sites for hydroxylation is 1. The smallest absolute Gasteiger partial charge is 0.280 e. The third-order valence-electron chi connectivity index (χ3n) is 3.88. The van der Waals surface area contributed by atoms with E-state index in [4.69, 9.17) is 4.74 Å². The molecule has 0 unspecified atom stereocenters. The van der Waals surface area contributed by atoms with Gasteiger partial charge in [-0.25, -0.2) is 5.10 Å². The molecule has 0 saturated carbocycles. The minimum atomic E-state index is -0.376. The van der Waals surface area contributed by atoms with Crippen LogP contribution in [0.1, 0.15) is 17.7 Å². The maximum absolute atomic E-state index is 11.9. The number of aromatic nitrogens is 3. The van der Waals surface area contributed by atoms with E-state index in [1.165, 1.54) is 5.56 Å². The molecule has 0 saturated heterocycles. The van der Waals surface area contributed by atoms with E-state index in [1.54, 1.807) is 18.3 Å². The van der Waals surface area contributed by atoms with Crippen LogP contribution in [0.2, 0.25) is 0 Å². The number of anilines is 1. The van der Waals surface area contributed by atoms with Crippen LogP contribution < -0.4 is 15.6 Å². The molecule has 0 bridgehead atoms. The van der Waals surface area contributed by atoms with Crippen LogP contribution in [0.25, 0.3) is 0 Å². The lowest BCUT2D eigenvalue weighted by Crippen LogP contribution is -2.16. The van der Waals surface area contributed by atoms with Gasteiger partial charge in [0.25, 0.3) is 11.4 Å². The molecule has 0 fully saturated rings. The molecule has 27 heavy (non-hydrogen) atoms. The number of halogens is 1. The average molecular weight is 431 g/mol. The van der Waals surface area contributed by atoms with Crippen molar-refractivity contribution in [2.75, 3.05) is 11.9 Å². The molecule has 3 rings (SSSR count). The van der Waals surface area contributed by atoms with Gasteiger partial charge in [-0.3, -0.25) is 9.78 Å². The Morgan fingerprint density at radius 3 is 2.78 bits per heavy atom. The Kier molecular flexibility index (Phi) is 6.43. The summed E-state index contributed by atoms with van der Waals surface area (Å²) in [6, 6.07) is 13.3. The van der Waals surface area contributed by atoms with Crippen molar-refractivity contribution in [2.45, 2.75) is 19.4 Å². The normalized spacial score (nSPS) is 10.6. The lowest BCUT2D eigenvalue weighted by Gasteiger charge is -2.13. The fourth-order valence-electron chi connectivity index (χ4n) is 2.50. The fraction of sp³-hybridized carbons (Fsp3) is 0.211. The van der Waals surface area contributed by atoms with Gasteiger partial charge in [-0.05, 0) is 46.5 Å². The van der Waals surface area contributed by atoms with Crippen molar-refractivity contribution in [3.63, 3.8) is 0 Å². The van der Waals surface area contributed by atoms with Crippen LogP contribution in [0.5, 0.6) is 11.6 Å². The van der Waals surface area contributed by atoms with E-state index in [0.29, 0.717) is 18.0 Å². The average Bonchev–Trinajstić information content (AvgIpc) is 2.69. The lowest BCUT2D eigenvalue weighted by molar-refractivity contribution is 0.296. The number of aromatic amines is 1. The topological polar surface area (TPSA) is 100 Å². The van der Waals surface area contributed by atoms with E-state index in [2.05, 4.69) is 48.6 Å². The minimum Gasteiger partial charge on any atom is -0.506 e. The first-order valence-electron chi connectivity index (χ1n) is 8.47. The van der Waals surface area contributed by atoms with Gasteiger partial charge in [0.1, 0.15) is 21.6 Å². The minimum absolute atomic E-state index is 0.0734. The molecule has 0 spiro atoms. The quantitative estimate of drug-likeness (QED) is 0.474. The number of hydrogen-bond donors (Lipinski definition) is 3. The van der Waals surface area contributed by atoms with Crippen LogP contribution >= 0.6 is 15.9 Å². The van der Waals surface area contributed by atoms with Gasteiger partial charge in [0.05, 0.1) is 13.2 Å². The highest BCUT2D eigenvalue weighted by molar-refractivity contribution is 9.10. The van der Waals surface area contributed by atoms with Gasteiger partial charge >= 0.3 is 0 Å². The van der Waals surface area contributed by atoms with E-state index in [0.717, 1.165) is 12.8 Å². The summed E-state index contributed by atoms with van der Waals surface area (Å²) in [5.74, 6) is 0.356. The van der Waals surface area contributed by atoms with Gasteiger partial charge in [-0.2, -0.15) is 0 Å². The number of ether oxygens (including phenoxy) is 1. The highest BCUT2D eigenvalue weighted by Gasteiger charge is 2.14. The Bertz CT molecular complexity index is 947. The van der Waals surface area contributed by atoms with Crippen molar-refractivity contribution in [3.8, 4) is 11.6 Å². The molecule has 8 heteroatoms. The molecular formula is C19H19BrN4O3. The number of nitrogens with one attached hydrogen (secondary N) is 2. The number of hydrogen-bond acceptors (Lipinski definition) is 6. The fourth-order valence-corrected chi connectivity index (χ4v) is 2.90. The Balaban J connectivity index is 1.65. The predicted molar refractivity (Wildman–Crippen MR) is 106 cm³/mol. The first-order valence-corrected chi connectivity index (χ1v) is 9.26. The molecule has 1 aromatic carbocycles. The van der Waals surface area contributed by atoms with Gasteiger partial charge in [0.2, 0.25) is 0 Å². The Morgan fingerprint density at radius 1 is 1.19 bits per heavy atom. The van der Waals surface area contributed by atoms with E-state index in [-0.39, 0.29) is 28.2 Å². The van der Waals surface area contributed by atoms with Crippen LogP contribution in [0.3, 0.4) is 0 Å². The number of pyridine rings is 1. The molecule has 0 aliphatic carbocycles. The molecule has 0 aliphatic heterocycles. The van der Waals surface area contributed by atoms with Crippen LogP contribution in [0.4, 0.5) is 5.69 Å². The highest BCUT2D eigenvalue weighted by Crippen LogP contribution is 2.28. The van der Waals surface area contributed by atoms with Crippen molar-refractivity contribution in [3.05, 3.63) is 74.7 Å². The van der Waals surface area contributed by atoms with Gasteiger partial charge in [-0.1, -0.05) is 30.3 Å². The summed E-state index contributed by atoms with van der Waals surface area (Å²) in [5, 5.41) is 19.3. The summed E-state index contributed by atoms with van der Waals surface area (Å²) in [4.78, 5) is 16.0. The Hall–Kier alpha value is -2.87. The van der Waals surface area contributed by atoms with Gasteiger partial charge in [0.15, 0.2) is 0 Å². The van der Waals surface area contributed by atoms with Crippen molar-refractivity contribution in [1.82, 2.24) is 15.2 Å². The summed E-state index contributed by atoms with van der Waals surface area (Å²) in [6.07, 6.45) is 3.28. The summed E-state index contributed by atoms with van der Waals surface area (Å²) in [7, 11) is 0. The molecule has 7 nitrogen and oxygen atoms in total. The highest BCUT2D eigenvalue weighted by atomic mass is 79.9. The van der Waals surface area contributed by atoms with Crippen LogP contribution in [0.15, 0.2) is 57.9 Å². The second-order valence-corrected chi connectivity index (χ2v) is 6.60. The molecule has 0 amide bonds. The maximum atomic E-state index is 11.9. The maximum Gasteiger partial charge on any atom is 0.280 e.